The fourth-order valence-corrected chi connectivity index (χ4v) is 4.33. The van der Waals surface area contributed by atoms with Crippen molar-refractivity contribution in [2.45, 2.75) is 6.04 Å². The minimum Gasteiger partial charge on any atom is -0.507 e. The molecule has 2 heterocycles. The largest absolute Gasteiger partial charge is 0.507 e. The minimum absolute atomic E-state index is 0.0145. The highest BCUT2D eigenvalue weighted by Crippen LogP contribution is 2.43. The number of rotatable bonds is 3. The van der Waals surface area contributed by atoms with E-state index in [1.165, 1.54) is 16.2 Å². The van der Waals surface area contributed by atoms with Crippen molar-refractivity contribution in [3.05, 3.63) is 86.3 Å². The van der Waals surface area contributed by atoms with Crippen LogP contribution in [-0.2, 0) is 9.59 Å². The van der Waals surface area contributed by atoms with Crippen LogP contribution in [0.3, 0.4) is 0 Å². The summed E-state index contributed by atoms with van der Waals surface area (Å²) in [4.78, 5) is 31.3. The van der Waals surface area contributed by atoms with Crippen molar-refractivity contribution in [3.63, 3.8) is 0 Å². The van der Waals surface area contributed by atoms with Crippen LogP contribution in [0.1, 0.15) is 17.2 Å². The molecule has 3 aromatic rings. The maximum Gasteiger partial charge on any atom is 0.301 e. The summed E-state index contributed by atoms with van der Waals surface area (Å²) in [6.45, 7) is 0. The third kappa shape index (κ3) is 3.26. The van der Waals surface area contributed by atoms with Gasteiger partial charge in [0.25, 0.3) is 5.78 Å². The summed E-state index contributed by atoms with van der Waals surface area (Å²) in [6, 6.07) is 12.9. The standard InChI is InChI=1S/C20H12BrClN2O3S/c21-13-3-1-2-12(10-13)16-15(17(25)11-4-6-14(22)7-5-11)18(26)19(27)24(16)20-23-8-9-28-20/h1-10,16,25H/b17-15+/t16-/m0/s1. The van der Waals surface area contributed by atoms with Gasteiger partial charge in [0.05, 0.1) is 11.6 Å². The number of Topliss-reactive ketones (excluding diaryl/α,β-unsaturated/α-hetero) is 1. The molecule has 1 atom stereocenters. The highest BCUT2D eigenvalue weighted by Gasteiger charge is 2.47. The SMILES string of the molecule is O=C1C(=O)N(c2nccs2)[C@@H](c2cccc(Br)c2)/C1=C(\O)c1ccc(Cl)cc1. The van der Waals surface area contributed by atoms with Crippen LogP contribution in [-0.4, -0.2) is 21.8 Å². The Kier molecular flexibility index (Phi) is 5.05. The van der Waals surface area contributed by atoms with Gasteiger partial charge < -0.3 is 5.11 Å². The molecule has 5 nitrogen and oxygen atoms in total. The topological polar surface area (TPSA) is 70.5 Å². The first kappa shape index (κ1) is 18.9. The van der Waals surface area contributed by atoms with E-state index >= 15 is 0 Å². The van der Waals surface area contributed by atoms with Crippen LogP contribution in [0.4, 0.5) is 5.13 Å². The zero-order chi connectivity index (χ0) is 19.8. The first-order valence-electron chi connectivity index (χ1n) is 8.19. The lowest BCUT2D eigenvalue weighted by Gasteiger charge is -2.23. The Hall–Kier alpha value is -2.48. The molecular formula is C20H12BrClN2O3S. The smallest absolute Gasteiger partial charge is 0.301 e. The van der Waals surface area contributed by atoms with Crippen molar-refractivity contribution in [1.29, 1.82) is 0 Å². The second kappa shape index (κ2) is 7.50. The van der Waals surface area contributed by atoms with Gasteiger partial charge in [-0.1, -0.05) is 39.7 Å². The molecule has 1 aliphatic heterocycles. The Labute approximate surface area is 178 Å². The lowest BCUT2D eigenvalue weighted by molar-refractivity contribution is -0.132. The van der Waals surface area contributed by atoms with E-state index in [1.807, 2.05) is 18.2 Å². The van der Waals surface area contributed by atoms with Crippen molar-refractivity contribution in [2.75, 3.05) is 4.90 Å². The number of halogens is 2. The van der Waals surface area contributed by atoms with Crippen molar-refractivity contribution in [2.24, 2.45) is 0 Å². The second-order valence-electron chi connectivity index (χ2n) is 6.05. The molecule has 1 fully saturated rings. The Morgan fingerprint density at radius 2 is 1.93 bits per heavy atom. The molecule has 1 saturated heterocycles. The zero-order valence-corrected chi connectivity index (χ0v) is 17.3. The van der Waals surface area contributed by atoms with Gasteiger partial charge in [-0.25, -0.2) is 4.98 Å². The molecule has 28 heavy (non-hydrogen) atoms. The lowest BCUT2D eigenvalue weighted by Crippen LogP contribution is -2.29. The molecule has 1 aromatic heterocycles. The number of carbonyl (C=O) groups is 2. The summed E-state index contributed by atoms with van der Waals surface area (Å²) in [5.74, 6) is -1.73. The van der Waals surface area contributed by atoms with Gasteiger partial charge in [-0.2, -0.15) is 0 Å². The highest BCUT2D eigenvalue weighted by atomic mass is 79.9. The van der Waals surface area contributed by atoms with Crippen molar-refractivity contribution >= 4 is 61.4 Å². The fourth-order valence-electron chi connectivity index (χ4n) is 3.12. The number of carbonyl (C=O) groups excluding carboxylic acids is 2. The Morgan fingerprint density at radius 1 is 1.18 bits per heavy atom. The van der Waals surface area contributed by atoms with Crippen molar-refractivity contribution < 1.29 is 14.7 Å². The van der Waals surface area contributed by atoms with E-state index in [9.17, 15) is 14.7 Å². The number of aliphatic hydroxyl groups is 1. The van der Waals surface area contributed by atoms with Gasteiger partial charge in [-0.3, -0.25) is 14.5 Å². The molecule has 140 valence electrons. The number of nitrogens with zero attached hydrogens (tertiary/aromatic N) is 2. The molecule has 8 heteroatoms. The average molecular weight is 476 g/mol. The average Bonchev–Trinajstić information content (AvgIpc) is 3.29. The number of aromatic nitrogens is 1. The summed E-state index contributed by atoms with van der Waals surface area (Å²) in [5.41, 5.74) is 1.10. The van der Waals surface area contributed by atoms with Crippen LogP contribution in [0.5, 0.6) is 0 Å². The summed E-state index contributed by atoms with van der Waals surface area (Å²) in [6.07, 6.45) is 1.57. The van der Waals surface area contributed by atoms with Gasteiger partial charge in [-0.15, -0.1) is 11.3 Å². The number of aliphatic hydroxyl groups excluding tert-OH is 1. The van der Waals surface area contributed by atoms with E-state index in [-0.39, 0.29) is 11.3 Å². The number of amides is 1. The summed E-state index contributed by atoms with van der Waals surface area (Å²) in [5, 5.41) is 13.5. The number of hydrogen-bond donors (Lipinski definition) is 1. The van der Waals surface area contributed by atoms with Crippen molar-refractivity contribution in [1.82, 2.24) is 4.98 Å². The molecule has 0 unspecified atom stereocenters. The Balaban J connectivity index is 1.95. The number of benzene rings is 2. The predicted molar refractivity (Wildman–Crippen MR) is 112 cm³/mol. The summed E-state index contributed by atoms with van der Waals surface area (Å²) >= 11 is 10.6. The van der Waals surface area contributed by atoms with Gasteiger partial charge >= 0.3 is 5.91 Å². The molecule has 1 amide bonds. The Morgan fingerprint density at radius 3 is 2.57 bits per heavy atom. The summed E-state index contributed by atoms with van der Waals surface area (Å²) < 4.78 is 0.793. The number of anilines is 1. The van der Waals surface area contributed by atoms with Crippen LogP contribution < -0.4 is 4.90 Å². The molecule has 0 spiro atoms. The van der Waals surface area contributed by atoms with E-state index in [1.54, 1.807) is 41.9 Å². The van der Waals surface area contributed by atoms with Crippen LogP contribution in [0.15, 0.2) is 70.2 Å². The predicted octanol–water partition coefficient (Wildman–Crippen LogP) is 5.19. The highest BCUT2D eigenvalue weighted by molar-refractivity contribution is 9.10. The van der Waals surface area contributed by atoms with E-state index in [4.69, 9.17) is 11.6 Å². The second-order valence-corrected chi connectivity index (χ2v) is 8.27. The van der Waals surface area contributed by atoms with Gasteiger partial charge in [0.2, 0.25) is 0 Å². The van der Waals surface area contributed by atoms with Gasteiger partial charge in [0, 0.05) is 26.6 Å². The number of thiazole rings is 1. The monoisotopic (exact) mass is 474 g/mol. The molecule has 0 saturated carbocycles. The molecule has 0 bridgehead atoms. The Bertz CT molecular complexity index is 1100. The maximum absolute atomic E-state index is 12.9. The van der Waals surface area contributed by atoms with Crippen LogP contribution in [0, 0.1) is 0 Å². The van der Waals surface area contributed by atoms with E-state index in [0.717, 1.165) is 4.47 Å². The molecule has 1 N–H and O–H groups in total. The van der Waals surface area contributed by atoms with Gasteiger partial charge in [0.15, 0.2) is 5.13 Å². The third-order valence-electron chi connectivity index (χ3n) is 4.35. The zero-order valence-electron chi connectivity index (χ0n) is 14.2. The first-order valence-corrected chi connectivity index (χ1v) is 10.2. The number of ketones is 1. The van der Waals surface area contributed by atoms with E-state index in [0.29, 0.717) is 21.3 Å². The molecule has 0 radical (unpaired) electrons. The van der Waals surface area contributed by atoms with Crippen LogP contribution in [0.2, 0.25) is 5.02 Å². The fraction of sp³-hybridized carbons (Fsp3) is 0.0500. The summed E-state index contributed by atoms with van der Waals surface area (Å²) in [7, 11) is 0. The normalized spacial score (nSPS) is 18.6. The van der Waals surface area contributed by atoms with Crippen LogP contribution in [0.25, 0.3) is 5.76 Å². The molecule has 2 aromatic carbocycles. The minimum atomic E-state index is -0.792. The quantitative estimate of drug-likeness (QED) is 0.322. The molecule has 1 aliphatic rings. The van der Waals surface area contributed by atoms with E-state index < -0.39 is 17.7 Å². The number of hydrogen-bond acceptors (Lipinski definition) is 5. The first-order chi connectivity index (χ1) is 13.5. The maximum atomic E-state index is 12.9. The van der Waals surface area contributed by atoms with Crippen molar-refractivity contribution in [3.8, 4) is 0 Å². The molecule has 4 rings (SSSR count). The third-order valence-corrected chi connectivity index (χ3v) is 5.87. The van der Waals surface area contributed by atoms with Gasteiger partial charge in [-0.05, 0) is 42.0 Å². The van der Waals surface area contributed by atoms with E-state index in [2.05, 4.69) is 20.9 Å². The molecular weight excluding hydrogens is 464 g/mol. The van der Waals surface area contributed by atoms with Gasteiger partial charge in [0.1, 0.15) is 5.76 Å². The molecule has 0 aliphatic carbocycles. The lowest BCUT2D eigenvalue weighted by atomic mass is 9.95. The van der Waals surface area contributed by atoms with Crippen LogP contribution >= 0.6 is 38.9 Å².